The fraction of sp³-hybridized carbons (Fsp3) is 0.500. The van der Waals surface area contributed by atoms with Gasteiger partial charge in [-0.05, 0) is 34.0 Å². The van der Waals surface area contributed by atoms with Crippen LogP contribution in [0, 0.1) is 0 Å². The molecule has 0 aliphatic heterocycles. The lowest BCUT2D eigenvalue weighted by Crippen LogP contribution is -2.43. The molecule has 0 saturated carbocycles. The summed E-state index contributed by atoms with van der Waals surface area (Å²) in [5.74, 6) is 0.544. The maximum Gasteiger partial charge on any atom is 0.213 e. The van der Waals surface area contributed by atoms with Gasteiger partial charge in [0.05, 0.1) is 0 Å². The molecule has 0 aliphatic carbocycles. The molecule has 1 aromatic rings. The summed E-state index contributed by atoms with van der Waals surface area (Å²) in [7, 11) is 4.00. The highest BCUT2D eigenvalue weighted by Gasteiger charge is 2.21. The number of rotatable bonds is 5. The number of ether oxygens (including phenoxy) is 1. The largest absolute Gasteiger partial charge is 0.476 e. The zero-order chi connectivity index (χ0) is 13.8. The van der Waals surface area contributed by atoms with Gasteiger partial charge in [0.1, 0.15) is 6.61 Å². The van der Waals surface area contributed by atoms with E-state index >= 15 is 0 Å². The van der Waals surface area contributed by atoms with Crippen LogP contribution in [0.5, 0.6) is 5.88 Å². The van der Waals surface area contributed by atoms with Crippen molar-refractivity contribution in [2.75, 3.05) is 20.7 Å². The minimum absolute atomic E-state index is 0.0303. The number of aromatic nitrogens is 1. The number of hydrogen-bond donors (Lipinski definition) is 2. The molecule has 0 saturated heterocycles. The van der Waals surface area contributed by atoms with Crippen LogP contribution in [0.4, 0.5) is 0 Å². The van der Waals surface area contributed by atoms with Gasteiger partial charge in [-0.3, -0.25) is 0 Å². The van der Waals surface area contributed by atoms with E-state index in [-0.39, 0.29) is 11.4 Å². The number of nitrogens with two attached hydrogens (primary N) is 1. The number of pyridine rings is 1. The van der Waals surface area contributed by atoms with Crippen LogP contribution < -0.4 is 10.5 Å². The van der Waals surface area contributed by atoms with E-state index in [2.05, 4.69) is 28.9 Å². The second kappa shape index (κ2) is 5.68. The van der Waals surface area contributed by atoms with Gasteiger partial charge in [-0.25, -0.2) is 4.98 Å². The Morgan fingerprint density at radius 1 is 1.50 bits per heavy atom. The molecular formula is C12H20N4O2. The number of likely N-dealkylation sites (N-methyl/N-ethyl adjacent to an activating group) is 1. The smallest absolute Gasteiger partial charge is 0.213 e. The van der Waals surface area contributed by atoms with E-state index in [4.69, 9.17) is 15.7 Å². The maximum atomic E-state index is 8.53. The summed E-state index contributed by atoms with van der Waals surface area (Å²) < 4.78 is 5.60. The summed E-state index contributed by atoms with van der Waals surface area (Å²) in [5, 5.41) is 11.4. The lowest BCUT2D eigenvalue weighted by atomic mass is 10.1. The number of amidine groups is 1. The molecule has 0 aromatic carbocycles. The van der Waals surface area contributed by atoms with Gasteiger partial charge >= 0.3 is 0 Å². The van der Waals surface area contributed by atoms with E-state index < -0.39 is 0 Å². The van der Waals surface area contributed by atoms with Crippen molar-refractivity contribution in [2.45, 2.75) is 19.4 Å². The first-order valence-electron chi connectivity index (χ1n) is 5.61. The zero-order valence-corrected chi connectivity index (χ0v) is 11.2. The van der Waals surface area contributed by atoms with Gasteiger partial charge in [-0.1, -0.05) is 5.16 Å². The first-order valence-corrected chi connectivity index (χ1v) is 5.61. The molecule has 100 valence electrons. The molecule has 1 rings (SSSR count). The zero-order valence-electron chi connectivity index (χ0n) is 11.2. The maximum absolute atomic E-state index is 8.53. The van der Waals surface area contributed by atoms with Crippen molar-refractivity contribution >= 4 is 5.84 Å². The molecule has 3 N–H and O–H groups in total. The molecule has 1 aromatic heterocycles. The molecule has 0 bridgehead atoms. The highest BCUT2D eigenvalue weighted by Crippen LogP contribution is 2.14. The molecule has 0 fully saturated rings. The molecule has 0 aliphatic rings. The average molecular weight is 252 g/mol. The van der Waals surface area contributed by atoms with E-state index in [0.29, 0.717) is 18.1 Å². The van der Waals surface area contributed by atoms with Crippen LogP contribution in [0.15, 0.2) is 23.5 Å². The Labute approximate surface area is 107 Å². The van der Waals surface area contributed by atoms with Crippen LogP contribution in [0.25, 0.3) is 0 Å². The van der Waals surface area contributed by atoms with Crippen molar-refractivity contribution in [2.24, 2.45) is 10.9 Å². The van der Waals surface area contributed by atoms with Crippen LogP contribution in [0.2, 0.25) is 0 Å². The second-order valence-corrected chi connectivity index (χ2v) is 4.87. The van der Waals surface area contributed by atoms with Crippen LogP contribution in [-0.4, -0.2) is 47.2 Å². The topological polar surface area (TPSA) is 84.0 Å². The molecule has 18 heavy (non-hydrogen) atoms. The molecule has 1 heterocycles. The van der Waals surface area contributed by atoms with Crippen molar-refractivity contribution < 1.29 is 9.94 Å². The fourth-order valence-electron chi connectivity index (χ4n) is 1.05. The number of oxime groups is 1. The van der Waals surface area contributed by atoms with Crippen molar-refractivity contribution in [1.82, 2.24) is 9.88 Å². The summed E-state index contributed by atoms with van der Waals surface area (Å²) in [6.07, 6.45) is 1.51. The van der Waals surface area contributed by atoms with Gasteiger partial charge in [0, 0.05) is 23.4 Å². The van der Waals surface area contributed by atoms with Gasteiger partial charge in [0.15, 0.2) is 5.84 Å². The molecule has 0 atom stereocenters. The normalized spacial score (nSPS) is 12.8. The van der Waals surface area contributed by atoms with Gasteiger partial charge in [-0.2, -0.15) is 0 Å². The summed E-state index contributed by atoms with van der Waals surface area (Å²) >= 11 is 0. The average Bonchev–Trinajstić information content (AvgIpc) is 2.36. The van der Waals surface area contributed by atoms with Crippen LogP contribution in [0.3, 0.4) is 0 Å². The van der Waals surface area contributed by atoms with Crippen LogP contribution in [-0.2, 0) is 0 Å². The third-order valence-corrected chi connectivity index (χ3v) is 2.92. The first kappa shape index (κ1) is 14.2. The van der Waals surface area contributed by atoms with Crippen molar-refractivity contribution in [3.8, 4) is 5.88 Å². The monoisotopic (exact) mass is 252 g/mol. The summed E-state index contributed by atoms with van der Waals surface area (Å²) in [5.41, 5.74) is 5.91. The third-order valence-electron chi connectivity index (χ3n) is 2.92. The van der Waals surface area contributed by atoms with Gasteiger partial charge < -0.3 is 20.6 Å². The van der Waals surface area contributed by atoms with Crippen molar-refractivity contribution in [3.63, 3.8) is 0 Å². The molecule has 0 amide bonds. The Morgan fingerprint density at radius 2 is 2.17 bits per heavy atom. The fourth-order valence-corrected chi connectivity index (χ4v) is 1.05. The number of nitrogens with zero attached hydrogens (tertiary/aromatic N) is 3. The molecule has 6 nitrogen and oxygen atoms in total. The van der Waals surface area contributed by atoms with E-state index in [1.165, 1.54) is 6.20 Å². The Bertz CT molecular complexity index is 413. The van der Waals surface area contributed by atoms with Crippen molar-refractivity contribution in [3.05, 3.63) is 23.9 Å². The van der Waals surface area contributed by atoms with E-state index in [1.54, 1.807) is 12.1 Å². The minimum atomic E-state index is -0.0774. The Morgan fingerprint density at radius 3 is 2.61 bits per heavy atom. The standard InChI is InChI=1S/C12H20N4O2/c1-12(2,16(3)4)8-18-10-6-5-9(7-14-10)11(13)15-17/h5-7,17H,8H2,1-4H3,(H2,13,15). The van der Waals surface area contributed by atoms with E-state index in [9.17, 15) is 0 Å². The Balaban J connectivity index is 2.65. The van der Waals surface area contributed by atoms with Gasteiger partial charge in [-0.15, -0.1) is 0 Å². The SMILES string of the molecule is CN(C)C(C)(C)COc1ccc(/C(N)=N/O)cn1. The molecule has 0 radical (unpaired) electrons. The third kappa shape index (κ3) is 3.59. The first-order chi connectivity index (χ1) is 8.36. The van der Waals surface area contributed by atoms with Crippen molar-refractivity contribution in [1.29, 1.82) is 0 Å². The molecule has 0 spiro atoms. The lowest BCUT2D eigenvalue weighted by Gasteiger charge is -2.31. The second-order valence-electron chi connectivity index (χ2n) is 4.87. The minimum Gasteiger partial charge on any atom is -0.476 e. The van der Waals surface area contributed by atoms with Gasteiger partial charge in [0.2, 0.25) is 5.88 Å². The Hall–Kier alpha value is -1.82. The van der Waals surface area contributed by atoms with Gasteiger partial charge in [0.25, 0.3) is 0 Å². The van der Waals surface area contributed by atoms with E-state index in [1.807, 2.05) is 14.1 Å². The summed E-state index contributed by atoms with van der Waals surface area (Å²) in [6.45, 7) is 4.69. The highest BCUT2D eigenvalue weighted by molar-refractivity contribution is 5.96. The molecular weight excluding hydrogens is 232 g/mol. The number of hydrogen-bond acceptors (Lipinski definition) is 5. The highest BCUT2D eigenvalue weighted by atomic mass is 16.5. The lowest BCUT2D eigenvalue weighted by molar-refractivity contribution is 0.111. The summed E-state index contributed by atoms with van der Waals surface area (Å²) in [6, 6.07) is 3.39. The summed E-state index contributed by atoms with van der Waals surface area (Å²) in [4.78, 5) is 6.18. The predicted octanol–water partition coefficient (Wildman–Crippen LogP) is 0.895. The predicted molar refractivity (Wildman–Crippen MR) is 70.0 cm³/mol. The van der Waals surface area contributed by atoms with Crippen LogP contribution >= 0.6 is 0 Å². The quantitative estimate of drug-likeness (QED) is 0.352. The van der Waals surface area contributed by atoms with Crippen LogP contribution in [0.1, 0.15) is 19.4 Å². The van der Waals surface area contributed by atoms with E-state index in [0.717, 1.165) is 0 Å². The molecule has 0 unspecified atom stereocenters. The molecule has 6 heteroatoms. The Kier molecular flexibility index (Phi) is 4.49.